The fourth-order valence-corrected chi connectivity index (χ4v) is 12.5. The van der Waals surface area contributed by atoms with Crippen molar-refractivity contribution in [2.45, 2.75) is 68.6 Å². The number of aromatic hydroxyl groups is 1. The first-order chi connectivity index (χ1) is 41.2. The molecule has 0 unspecified atom stereocenters. The Morgan fingerprint density at radius 3 is 1.55 bits per heavy atom. The van der Waals surface area contributed by atoms with Crippen molar-refractivity contribution in [2.24, 2.45) is 40.9 Å². The number of rotatable bonds is 24. The third-order valence-corrected chi connectivity index (χ3v) is 17.8. The number of aromatic nitrogens is 2. The van der Waals surface area contributed by atoms with Gasteiger partial charge in [-0.25, -0.2) is 4.98 Å². The highest BCUT2D eigenvalue weighted by atomic mass is 35.5. The summed E-state index contributed by atoms with van der Waals surface area (Å²) in [4.78, 5) is 4.90. The Labute approximate surface area is 518 Å². The van der Waals surface area contributed by atoms with Crippen molar-refractivity contribution in [3.05, 3.63) is 111 Å². The number of ether oxygens (including phenoxy) is 1. The van der Waals surface area contributed by atoms with Crippen molar-refractivity contribution in [3.8, 4) is 23.8 Å². The molecule has 29 nitrogen and oxygen atoms in total. The molecule has 0 bridgehead atoms. The summed E-state index contributed by atoms with van der Waals surface area (Å²) in [7, 11) is -20.7. The summed E-state index contributed by atoms with van der Waals surface area (Å²) in [6.07, 6.45) is -0.0449. The van der Waals surface area contributed by atoms with Gasteiger partial charge in [0, 0.05) is 26.4 Å². The van der Waals surface area contributed by atoms with E-state index in [1.807, 2.05) is 12.1 Å². The van der Waals surface area contributed by atoms with Crippen LogP contribution in [-0.2, 0) is 51.1 Å². The van der Waals surface area contributed by atoms with Gasteiger partial charge in [-0.2, -0.15) is 59.5 Å². The molecule has 0 aliphatic heterocycles. The average Bonchev–Trinajstić information content (AvgIpc) is 2.94. The Balaban J connectivity index is 0.00000299. The number of hydrogen-bond acceptors (Lipinski definition) is 26. The lowest BCUT2D eigenvalue weighted by atomic mass is 10.1. The maximum Gasteiger partial charge on any atom is 0.425 e. The van der Waals surface area contributed by atoms with E-state index in [-0.39, 0.29) is 110 Å². The molecule has 88 heavy (non-hydrogen) atoms. The van der Waals surface area contributed by atoms with E-state index in [4.69, 9.17) is 29.0 Å². The molecule has 0 amide bonds. The zero-order chi connectivity index (χ0) is 65.1. The second-order valence-corrected chi connectivity index (χ2v) is 28.0. The number of pyridine rings is 1. The summed E-state index contributed by atoms with van der Waals surface area (Å²) in [6.45, 7) is 7.86. The highest BCUT2D eigenvalue weighted by Crippen LogP contribution is 2.44. The van der Waals surface area contributed by atoms with Gasteiger partial charge in [-0.15, -0.1) is 61.7 Å². The van der Waals surface area contributed by atoms with Crippen LogP contribution in [0.1, 0.15) is 58.2 Å². The van der Waals surface area contributed by atoms with Crippen LogP contribution in [-0.4, -0.2) is 114 Å². The zero-order valence-corrected chi connectivity index (χ0v) is 52.9. The first-order valence-electron chi connectivity index (χ1n) is 25.0. The van der Waals surface area contributed by atoms with Gasteiger partial charge >= 0.3 is 10.6 Å². The van der Waals surface area contributed by atoms with Crippen LogP contribution >= 0.6 is 35.1 Å². The molecule has 0 saturated carbocycles. The van der Waals surface area contributed by atoms with Crippen molar-refractivity contribution in [1.82, 2.24) is 9.38 Å². The molecular formula is C51H49ClN12O17S7. The van der Waals surface area contributed by atoms with Gasteiger partial charge in [-0.3, -0.25) is 22.6 Å². The summed E-state index contributed by atoms with van der Waals surface area (Å²) in [5.41, 5.74) is 4.02. The van der Waals surface area contributed by atoms with Crippen LogP contribution in [0.25, 0.3) is 16.7 Å². The van der Waals surface area contributed by atoms with E-state index in [9.17, 15) is 67.5 Å². The molecule has 7 rings (SSSR count). The topological polar surface area (TPSA) is 462 Å². The van der Waals surface area contributed by atoms with Crippen molar-refractivity contribution >= 4 is 148 Å². The quantitative estimate of drug-likeness (QED) is 0.0162. The standard InChI is InChI=1S/C51H49ClN12O14S6.O3S/c1-28-18-41(60-63-48-32(5)36(27-54)50-55-44-22-35(84(75,76)77)17-31(4)49(44)64(50)51(48)65)45(78-11-6-14-81(66,67)68)23-38(28)57-61-42-20-30(3)40(25-47(42)80-13-8-16-83(72,73)74)59-62-43-19-29(2)39(24-46(43)79-12-7-15-82(69,70)71)58-56-37-10-9-34(52)21-33(37)26-53;1-4(2)3/h9-10,17-25,65H,6-8,11-16H2,1-5H3,(H,66,67,68)(H,69,70,71)(H,72,73,74)(H,75,76,77);. The van der Waals surface area contributed by atoms with Crippen molar-refractivity contribution < 1.29 is 74.4 Å². The molecule has 0 saturated heterocycles. The van der Waals surface area contributed by atoms with E-state index in [0.717, 1.165) is 6.07 Å². The number of azo groups is 4. The molecular weight excluding hydrogens is 1310 g/mol. The summed E-state index contributed by atoms with van der Waals surface area (Å²) < 4.78 is 164. The summed E-state index contributed by atoms with van der Waals surface area (Å²) in [5.74, 6) is -1.80. The molecule has 0 aliphatic rings. The van der Waals surface area contributed by atoms with Gasteiger partial charge < -0.3 is 9.84 Å². The Hall–Kier alpha value is -7.72. The van der Waals surface area contributed by atoms with Crippen molar-refractivity contribution in [2.75, 3.05) is 35.4 Å². The number of benzene rings is 5. The fourth-order valence-electron chi connectivity index (χ4n) is 7.98. The van der Waals surface area contributed by atoms with Gasteiger partial charge in [-0.1, -0.05) is 11.6 Å². The molecule has 37 heteroatoms. The second-order valence-electron chi connectivity index (χ2n) is 18.7. The van der Waals surface area contributed by atoms with E-state index in [1.54, 1.807) is 57.2 Å². The van der Waals surface area contributed by atoms with E-state index in [2.05, 4.69) is 45.9 Å². The molecule has 2 aromatic heterocycles. The molecule has 0 atom stereocenters. The minimum atomic E-state index is -4.66. The number of hydrogen-bond donors (Lipinski definition) is 5. The van der Waals surface area contributed by atoms with Crippen LogP contribution in [0.2, 0.25) is 5.02 Å². The largest absolute Gasteiger partial charge is 0.493 e. The van der Waals surface area contributed by atoms with Crippen LogP contribution in [0.4, 0.5) is 45.5 Å². The first-order valence-corrected chi connectivity index (χ1v) is 34.7. The summed E-state index contributed by atoms with van der Waals surface area (Å²) >= 11 is 8.46. The van der Waals surface area contributed by atoms with Crippen LogP contribution in [0.3, 0.4) is 0 Å². The Morgan fingerprint density at radius 1 is 0.591 bits per heavy atom. The molecule has 0 spiro atoms. The van der Waals surface area contributed by atoms with Gasteiger partial charge in [0.25, 0.3) is 40.5 Å². The fraction of sp³-hybridized carbons (Fsp3) is 0.275. The highest BCUT2D eigenvalue weighted by molar-refractivity contribution is 7.99. The number of fused-ring (bicyclic) bond motifs is 3. The maximum atomic E-state index is 12.0. The lowest BCUT2D eigenvalue weighted by Crippen LogP contribution is -2.08. The number of aryl methyl sites for hydroxylation is 4. The Morgan fingerprint density at radius 2 is 1.06 bits per heavy atom. The monoisotopic (exact) mass is 1360 g/mol. The van der Waals surface area contributed by atoms with E-state index in [0.29, 0.717) is 48.6 Å². The maximum absolute atomic E-state index is 12.0. The predicted octanol–water partition coefficient (Wildman–Crippen LogP) is 12.4. The molecule has 2 heterocycles. The molecule has 464 valence electrons. The lowest BCUT2D eigenvalue weighted by Gasteiger charge is -2.12. The van der Waals surface area contributed by atoms with Gasteiger partial charge in [0.2, 0.25) is 5.88 Å². The van der Waals surface area contributed by atoms with E-state index in [1.165, 1.54) is 66.0 Å². The number of halogens is 1. The number of nitrogens with zero attached hydrogens (tertiary/aromatic N) is 12. The average molecular weight is 1360 g/mol. The molecule has 5 aromatic carbocycles. The van der Waals surface area contributed by atoms with Crippen molar-refractivity contribution in [1.29, 1.82) is 10.5 Å². The van der Waals surface area contributed by atoms with Crippen molar-refractivity contribution in [3.63, 3.8) is 0 Å². The third kappa shape index (κ3) is 19.4. The Bertz CT molecular complexity index is 4720. The van der Waals surface area contributed by atoms with Gasteiger partial charge in [0.15, 0.2) is 11.3 Å². The van der Waals surface area contributed by atoms with Crippen LogP contribution in [0.5, 0.6) is 11.6 Å². The zero-order valence-electron chi connectivity index (χ0n) is 46.5. The minimum Gasteiger partial charge on any atom is -0.493 e. The second kappa shape index (κ2) is 29.5. The minimum absolute atomic E-state index is 0.0160. The Kier molecular flexibility index (Phi) is 23.3. The highest BCUT2D eigenvalue weighted by Gasteiger charge is 2.24. The van der Waals surface area contributed by atoms with Gasteiger partial charge in [0.05, 0.1) is 73.8 Å². The van der Waals surface area contributed by atoms with Crippen LogP contribution < -0.4 is 4.74 Å². The van der Waals surface area contributed by atoms with E-state index >= 15 is 0 Å². The number of imidazole rings is 1. The molecule has 5 N–H and O–H groups in total. The summed E-state index contributed by atoms with van der Waals surface area (Å²) in [5, 5.41) is 67.5. The predicted molar refractivity (Wildman–Crippen MR) is 325 cm³/mol. The molecule has 7 aromatic rings. The first kappa shape index (κ1) is 69.4. The normalized spacial score (nSPS) is 12.4. The molecule has 0 radical (unpaired) electrons. The van der Waals surface area contributed by atoms with Gasteiger partial charge in [0.1, 0.15) is 34.8 Å². The van der Waals surface area contributed by atoms with Crippen LogP contribution in [0.15, 0.2) is 122 Å². The van der Waals surface area contributed by atoms with E-state index < -0.39 is 79.1 Å². The van der Waals surface area contributed by atoms with Gasteiger partial charge in [-0.05, 0) is 148 Å². The molecule has 0 aliphatic carbocycles. The lowest BCUT2D eigenvalue weighted by molar-refractivity contribution is 0.317. The number of nitriles is 2. The SMILES string of the molecule is Cc1cc(N=Nc2cc(SCCCS(=O)(=O)O)c(N=Nc3cc(OCCCS(=O)(=O)O)c(N=Nc4c(C)c(C#N)c5nc6cc(S(=O)(=O)O)cc(C)c6n5c4O)cc3C)cc2C)c(SCCCS(=O)(=O)O)cc1N=Nc1ccc(Cl)cc1C#N.O=S(=O)=O. The third-order valence-electron chi connectivity index (χ3n) is 12.1. The summed E-state index contributed by atoms with van der Waals surface area (Å²) in [6, 6.07) is 20.5. The smallest absolute Gasteiger partial charge is 0.425 e. The molecule has 0 fully saturated rings. The number of thioether (sulfide) groups is 2. The van der Waals surface area contributed by atoms with Crippen LogP contribution in [0, 0.1) is 57.3 Å².